The highest BCUT2D eigenvalue weighted by molar-refractivity contribution is 6.31. The van der Waals surface area contributed by atoms with Gasteiger partial charge in [-0.2, -0.15) is 5.10 Å². The Morgan fingerprint density at radius 1 is 1.28 bits per heavy atom. The smallest absolute Gasteiger partial charge is 0.287 e. The number of ether oxygens (including phenoxy) is 1. The van der Waals surface area contributed by atoms with Crippen LogP contribution in [-0.4, -0.2) is 15.7 Å². The predicted octanol–water partition coefficient (Wildman–Crippen LogP) is 4.92. The SMILES string of the molecule is Cc1cc(CNC(=O)c2ccc(COc3cc(C)c(Cl)cc3C(C)C)o2)n(C)n1. The van der Waals surface area contributed by atoms with E-state index in [4.69, 9.17) is 20.8 Å². The molecule has 29 heavy (non-hydrogen) atoms. The highest BCUT2D eigenvalue weighted by atomic mass is 35.5. The summed E-state index contributed by atoms with van der Waals surface area (Å²) in [4.78, 5) is 12.4. The maximum Gasteiger partial charge on any atom is 0.287 e. The number of amides is 1. The lowest BCUT2D eigenvalue weighted by molar-refractivity contribution is 0.0918. The number of hydrogen-bond donors (Lipinski definition) is 1. The maximum atomic E-state index is 12.4. The number of carbonyl (C=O) groups excluding carboxylic acids is 1. The molecule has 3 aromatic rings. The van der Waals surface area contributed by atoms with Gasteiger partial charge in [0.2, 0.25) is 0 Å². The lowest BCUT2D eigenvalue weighted by atomic mass is 10.0. The summed E-state index contributed by atoms with van der Waals surface area (Å²) in [5, 5.41) is 7.84. The van der Waals surface area contributed by atoms with Gasteiger partial charge < -0.3 is 14.5 Å². The van der Waals surface area contributed by atoms with Crippen molar-refractivity contribution in [2.24, 2.45) is 7.05 Å². The zero-order chi connectivity index (χ0) is 21.1. The van der Waals surface area contributed by atoms with Crippen molar-refractivity contribution >= 4 is 17.5 Å². The molecule has 1 amide bonds. The van der Waals surface area contributed by atoms with Crippen molar-refractivity contribution in [3.8, 4) is 5.75 Å². The Balaban J connectivity index is 1.63. The van der Waals surface area contributed by atoms with Crippen LogP contribution in [0.4, 0.5) is 0 Å². The van der Waals surface area contributed by atoms with Gasteiger partial charge in [-0.3, -0.25) is 9.48 Å². The number of nitrogens with one attached hydrogen (secondary N) is 1. The van der Waals surface area contributed by atoms with Crippen molar-refractivity contribution in [3.63, 3.8) is 0 Å². The van der Waals surface area contributed by atoms with Crippen molar-refractivity contribution < 1.29 is 13.9 Å². The summed E-state index contributed by atoms with van der Waals surface area (Å²) in [5.74, 6) is 1.60. The molecule has 2 heterocycles. The summed E-state index contributed by atoms with van der Waals surface area (Å²) >= 11 is 6.25. The van der Waals surface area contributed by atoms with Crippen molar-refractivity contribution in [2.45, 2.75) is 46.8 Å². The van der Waals surface area contributed by atoms with Crippen LogP contribution >= 0.6 is 11.6 Å². The average molecular weight is 416 g/mol. The summed E-state index contributed by atoms with van der Waals surface area (Å²) in [5.41, 5.74) is 3.82. The minimum atomic E-state index is -0.277. The van der Waals surface area contributed by atoms with Crippen LogP contribution in [0.5, 0.6) is 5.75 Å². The second kappa shape index (κ2) is 8.74. The molecule has 0 aliphatic heterocycles. The molecule has 0 fully saturated rings. The fraction of sp³-hybridized carbons (Fsp3) is 0.364. The Morgan fingerprint density at radius 2 is 2.03 bits per heavy atom. The first-order valence-corrected chi connectivity index (χ1v) is 9.91. The van der Waals surface area contributed by atoms with Gasteiger partial charge in [-0.25, -0.2) is 0 Å². The molecule has 154 valence electrons. The minimum absolute atomic E-state index is 0.231. The third kappa shape index (κ3) is 5.01. The third-order valence-corrected chi connectivity index (χ3v) is 5.10. The van der Waals surface area contributed by atoms with Crippen LogP contribution in [0.3, 0.4) is 0 Å². The molecule has 2 aromatic heterocycles. The molecular formula is C22H26ClN3O3. The molecule has 1 aromatic carbocycles. The Kier molecular flexibility index (Phi) is 6.33. The zero-order valence-electron chi connectivity index (χ0n) is 17.4. The van der Waals surface area contributed by atoms with Crippen molar-refractivity contribution in [1.82, 2.24) is 15.1 Å². The molecule has 0 unspecified atom stereocenters. The van der Waals surface area contributed by atoms with Gasteiger partial charge >= 0.3 is 0 Å². The van der Waals surface area contributed by atoms with Gasteiger partial charge in [-0.1, -0.05) is 25.4 Å². The topological polar surface area (TPSA) is 69.3 Å². The standard InChI is InChI=1S/C22H26ClN3O3/c1-13(2)18-10-19(23)14(3)8-21(18)28-12-17-6-7-20(29-17)22(27)24-11-16-9-15(4)25-26(16)5/h6-10,13H,11-12H2,1-5H3,(H,24,27). The van der Waals surface area contributed by atoms with Crippen LogP contribution in [0.2, 0.25) is 5.02 Å². The van der Waals surface area contributed by atoms with E-state index in [2.05, 4.69) is 24.3 Å². The Hall–Kier alpha value is -2.73. The Bertz CT molecular complexity index is 1020. The summed E-state index contributed by atoms with van der Waals surface area (Å²) < 4.78 is 13.4. The number of benzene rings is 1. The second-order valence-corrected chi connectivity index (χ2v) is 7.84. The molecule has 7 heteroatoms. The van der Waals surface area contributed by atoms with E-state index in [-0.39, 0.29) is 24.2 Å². The molecule has 0 radical (unpaired) electrons. The number of aromatic nitrogens is 2. The van der Waals surface area contributed by atoms with E-state index in [1.165, 1.54) is 0 Å². The Labute approximate surface area is 175 Å². The lowest BCUT2D eigenvalue weighted by Crippen LogP contribution is -2.23. The Morgan fingerprint density at radius 3 is 2.69 bits per heavy atom. The van der Waals surface area contributed by atoms with Gasteiger partial charge in [-0.15, -0.1) is 0 Å². The lowest BCUT2D eigenvalue weighted by Gasteiger charge is -2.15. The number of aryl methyl sites for hydroxylation is 3. The molecule has 6 nitrogen and oxygen atoms in total. The van der Waals surface area contributed by atoms with Crippen LogP contribution < -0.4 is 10.1 Å². The van der Waals surface area contributed by atoms with E-state index >= 15 is 0 Å². The van der Waals surface area contributed by atoms with Crippen molar-refractivity contribution in [3.05, 3.63) is 69.4 Å². The van der Waals surface area contributed by atoms with Crippen LogP contribution in [0, 0.1) is 13.8 Å². The van der Waals surface area contributed by atoms with Gasteiger partial charge in [0.1, 0.15) is 18.1 Å². The van der Waals surface area contributed by atoms with E-state index in [1.54, 1.807) is 16.8 Å². The molecule has 0 atom stereocenters. The minimum Gasteiger partial charge on any atom is -0.485 e. The number of hydrogen-bond acceptors (Lipinski definition) is 4. The van der Waals surface area contributed by atoms with Crippen LogP contribution in [-0.2, 0) is 20.2 Å². The fourth-order valence-corrected chi connectivity index (χ4v) is 3.23. The second-order valence-electron chi connectivity index (χ2n) is 7.43. The number of halogens is 1. The first-order valence-electron chi connectivity index (χ1n) is 9.54. The summed E-state index contributed by atoms with van der Waals surface area (Å²) in [6.45, 7) is 8.65. The summed E-state index contributed by atoms with van der Waals surface area (Å²) in [6.07, 6.45) is 0. The summed E-state index contributed by atoms with van der Waals surface area (Å²) in [7, 11) is 1.85. The first-order chi connectivity index (χ1) is 13.7. The van der Waals surface area contributed by atoms with Gasteiger partial charge in [0.25, 0.3) is 5.91 Å². The number of carbonyl (C=O) groups is 1. The normalized spacial score (nSPS) is 11.1. The van der Waals surface area contributed by atoms with E-state index < -0.39 is 0 Å². The average Bonchev–Trinajstić information content (AvgIpc) is 3.26. The van der Waals surface area contributed by atoms with Gasteiger partial charge in [-0.05, 0) is 61.2 Å². The van der Waals surface area contributed by atoms with E-state index in [0.29, 0.717) is 12.3 Å². The molecular weight excluding hydrogens is 390 g/mol. The monoisotopic (exact) mass is 415 g/mol. The van der Waals surface area contributed by atoms with Gasteiger partial charge in [0.05, 0.1) is 17.9 Å². The van der Waals surface area contributed by atoms with E-state index in [9.17, 15) is 4.79 Å². The maximum absolute atomic E-state index is 12.4. The first kappa shape index (κ1) is 21.0. The molecule has 0 saturated carbocycles. The van der Waals surface area contributed by atoms with E-state index in [0.717, 1.165) is 33.3 Å². The van der Waals surface area contributed by atoms with Gasteiger partial charge in [0, 0.05) is 12.1 Å². The van der Waals surface area contributed by atoms with Crippen LogP contribution in [0.1, 0.15) is 58.6 Å². The highest BCUT2D eigenvalue weighted by Crippen LogP contribution is 2.32. The van der Waals surface area contributed by atoms with Crippen LogP contribution in [0.25, 0.3) is 0 Å². The van der Waals surface area contributed by atoms with Gasteiger partial charge in [0.15, 0.2) is 5.76 Å². The molecule has 0 bridgehead atoms. The quantitative estimate of drug-likeness (QED) is 0.594. The molecule has 0 aliphatic rings. The van der Waals surface area contributed by atoms with Crippen molar-refractivity contribution in [1.29, 1.82) is 0 Å². The van der Waals surface area contributed by atoms with Crippen molar-refractivity contribution in [2.75, 3.05) is 0 Å². The van der Waals surface area contributed by atoms with Crippen LogP contribution in [0.15, 0.2) is 34.7 Å². The largest absolute Gasteiger partial charge is 0.485 e. The number of furan rings is 1. The predicted molar refractivity (Wildman–Crippen MR) is 112 cm³/mol. The van der Waals surface area contributed by atoms with E-state index in [1.807, 2.05) is 39.1 Å². The highest BCUT2D eigenvalue weighted by Gasteiger charge is 2.15. The molecule has 0 spiro atoms. The molecule has 0 saturated heterocycles. The zero-order valence-corrected chi connectivity index (χ0v) is 18.1. The molecule has 1 N–H and O–H groups in total. The fourth-order valence-electron chi connectivity index (χ4n) is 3.06. The number of rotatable bonds is 7. The number of nitrogens with zero attached hydrogens (tertiary/aromatic N) is 2. The summed E-state index contributed by atoms with van der Waals surface area (Å²) in [6, 6.07) is 9.21. The molecule has 3 rings (SSSR count). The molecule has 0 aliphatic carbocycles. The third-order valence-electron chi connectivity index (χ3n) is 4.70.